The second-order valence-corrected chi connectivity index (χ2v) is 6.42. The van der Waals surface area contributed by atoms with Crippen molar-refractivity contribution in [3.63, 3.8) is 0 Å². The van der Waals surface area contributed by atoms with Gasteiger partial charge in [0.15, 0.2) is 0 Å². The van der Waals surface area contributed by atoms with Gasteiger partial charge in [-0.05, 0) is 30.2 Å². The zero-order valence-corrected chi connectivity index (χ0v) is 13.8. The molecule has 0 amide bonds. The summed E-state index contributed by atoms with van der Waals surface area (Å²) in [5.74, 6) is -0.148. The van der Waals surface area contributed by atoms with Crippen molar-refractivity contribution in [2.75, 3.05) is 26.2 Å². The highest BCUT2D eigenvalue weighted by Gasteiger charge is 2.22. The molecule has 1 aliphatic rings. The Morgan fingerprint density at radius 1 is 1.25 bits per heavy atom. The number of hydrogen-bond donors (Lipinski definition) is 1. The molecule has 2 nitrogen and oxygen atoms in total. The maximum atomic E-state index is 13.7. The lowest BCUT2D eigenvalue weighted by Gasteiger charge is -2.35. The lowest BCUT2D eigenvalue weighted by Crippen LogP contribution is -2.45. The minimum Gasteiger partial charge on any atom is -0.314 e. The molecule has 1 saturated heterocycles. The normalized spacial score (nSPS) is 18.1. The van der Waals surface area contributed by atoms with Crippen molar-refractivity contribution in [1.29, 1.82) is 0 Å². The van der Waals surface area contributed by atoms with Crippen LogP contribution >= 0.6 is 15.9 Å². The van der Waals surface area contributed by atoms with Crippen LogP contribution in [0.1, 0.15) is 44.2 Å². The smallest absolute Gasteiger partial charge is 0.124 e. The Labute approximate surface area is 129 Å². The molecule has 1 heterocycles. The van der Waals surface area contributed by atoms with Gasteiger partial charge in [-0.3, -0.25) is 4.90 Å². The minimum atomic E-state index is -0.148. The van der Waals surface area contributed by atoms with Gasteiger partial charge in [-0.25, -0.2) is 4.39 Å². The molecule has 1 aromatic rings. The van der Waals surface area contributed by atoms with Crippen LogP contribution < -0.4 is 5.32 Å². The van der Waals surface area contributed by atoms with Gasteiger partial charge in [0.25, 0.3) is 0 Å². The van der Waals surface area contributed by atoms with E-state index in [0.29, 0.717) is 6.04 Å². The van der Waals surface area contributed by atoms with Crippen LogP contribution in [-0.2, 0) is 0 Å². The molecule has 0 aromatic heterocycles. The molecular weight excluding hydrogens is 319 g/mol. The zero-order chi connectivity index (χ0) is 14.4. The molecule has 1 aliphatic heterocycles. The molecule has 0 bridgehead atoms. The van der Waals surface area contributed by atoms with Gasteiger partial charge in [-0.1, -0.05) is 42.1 Å². The van der Waals surface area contributed by atoms with E-state index >= 15 is 0 Å². The summed E-state index contributed by atoms with van der Waals surface area (Å²) in [7, 11) is 0. The number of nitrogens with one attached hydrogen (secondary N) is 1. The Morgan fingerprint density at radius 2 is 2.00 bits per heavy atom. The lowest BCUT2D eigenvalue weighted by molar-refractivity contribution is 0.162. The lowest BCUT2D eigenvalue weighted by atomic mass is 9.98. The summed E-state index contributed by atoms with van der Waals surface area (Å²) in [5.41, 5.74) is 1.11. The van der Waals surface area contributed by atoms with Gasteiger partial charge in [-0.2, -0.15) is 0 Å². The van der Waals surface area contributed by atoms with Crippen LogP contribution in [0.5, 0.6) is 0 Å². The molecule has 0 saturated carbocycles. The predicted molar refractivity (Wildman–Crippen MR) is 85.4 cm³/mol. The maximum absolute atomic E-state index is 13.7. The van der Waals surface area contributed by atoms with Crippen molar-refractivity contribution >= 4 is 15.9 Å². The van der Waals surface area contributed by atoms with Gasteiger partial charge in [0, 0.05) is 36.7 Å². The van der Waals surface area contributed by atoms with Crippen molar-refractivity contribution in [2.45, 2.75) is 38.6 Å². The van der Waals surface area contributed by atoms with Crippen LogP contribution in [0.3, 0.4) is 0 Å². The Hall–Kier alpha value is -0.450. The van der Waals surface area contributed by atoms with E-state index in [1.54, 1.807) is 6.07 Å². The fourth-order valence-electron chi connectivity index (χ4n) is 2.91. The van der Waals surface area contributed by atoms with Gasteiger partial charge in [0.05, 0.1) is 0 Å². The molecule has 4 heteroatoms. The van der Waals surface area contributed by atoms with E-state index in [1.807, 2.05) is 0 Å². The zero-order valence-electron chi connectivity index (χ0n) is 12.2. The van der Waals surface area contributed by atoms with Crippen LogP contribution in [0.4, 0.5) is 4.39 Å². The third kappa shape index (κ3) is 4.54. The van der Waals surface area contributed by atoms with E-state index in [-0.39, 0.29) is 5.82 Å². The molecule has 0 radical (unpaired) electrons. The van der Waals surface area contributed by atoms with Gasteiger partial charge in [-0.15, -0.1) is 0 Å². The van der Waals surface area contributed by atoms with Crippen molar-refractivity contribution < 1.29 is 4.39 Å². The molecular formula is C16H24BrFN2. The highest BCUT2D eigenvalue weighted by molar-refractivity contribution is 9.10. The maximum Gasteiger partial charge on any atom is 0.124 e. The minimum absolute atomic E-state index is 0.148. The van der Waals surface area contributed by atoms with E-state index in [0.717, 1.165) is 42.6 Å². The standard InChI is InChI=1S/C16H24BrFN2/c1-2-3-4-5-16(20-8-6-19-7-9-20)13-10-14(17)12-15(18)11-13/h10-12,16,19H,2-9H2,1H3/t16-/m1/s1. The summed E-state index contributed by atoms with van der Waals surface area (Å²) in [4.78, 5) is 2.49. The third-order valence-electron chi connectivity index (χ3n) is 3.94. The number of nitrogens with zero attached hydrogens (tertiary/aromatic N) is 1. The number of rotatable bonds is 6. The fraction of sp³-hybridized carbons (Fsp3) is 0.625. The predicted octanol–water partition coefficient (Wildman–Crippen LogP) is 4.11. The van der Waals surface area contributed by atoms with Gasteiger partial charge in [0.1, 0.15) is 5.82 Å². The summed E-state index contributed by atoms with van der Waals surface area (Å²) in [6.07, 6.45) is 4.79. The van der Waals surface area contributed by atoms with Crippen molar-refractivity contribution in [1.82, 2.24) is 10.2 Å². The summed E-state index contributed by atoms with van der Waals surface area (Å²) in [6.45, 7) is 6.37. The first-order chi connectivity index (χ1) is 9.70. The van der Waals surface area contributed by atoms with Crippen LogP contribution in [0.25, 0.3) is 0 Å². The second kappa shape index (κ2) is 8.11. The summed E-state index contributed by atoms with van der Waals surface area (Å²) in [5, 5.41) is 3.39. The Bertz CT molecular complexity index is 399. The van der Waals surface area contributed by atoms with Gasteiger partial charge < -0.3 is 5.32 Å². The van der Waals surface area contributed by atoms with Gasteiger partial charge >= 0.3 is 0 Å². The largest absolute Gasteiger partial charge is 0.314 e. The third-order valence-corrected chi connectivity index (χ3v) is 4.40. The van der Waals surface area contributed by atoms with E-state index in [2.05, 4.69) is 39.1 Å². The SMILES string of the molecule is CCCCC[C@H](c1cc(F)cc(Br)c1)N1CCNCC1. The van der Waals surface area contributed by atoms with Crippen LogP contribution in [0, 0.1) is 5.82 Å². The molecule has 0 unspecified atom stereocenters. The van der Waals surface area contributed by atoms with E-state index in [1.165, 1.54) is 25.3 Å². The van der Waals surface area contributed by atoms with Crippen molar-refractivity contribution in [3.8, 4) is 0 Å². The van der Waals surface area contributed by atoms with E-state index in [9.17, 15) is 4.39 Å². The topological polar surface area (TPSA) is 15.3 Å². The molecule has 2 rings (SSSR count). The van der Waals surface area contributed by atoms with Crippen molar-refractivity contribution in [3.05, 3.63) is 34.1 Å². The Kier molecular flexibility index (Phi) is 6.46. The highest BCUT2D eigenvalue weighted by Crippen LogP contribution is 2.29. The molecule has 1 aromatic carbocycles. The first-order valence-electron chi connectivity index (χ1n) is 7.61. The molecule has 112 valence electrons. The summed E-state index contributed by atoms with van der Waals surface area (Å²) < 4.78 is 14.5. The number of unbranched alkanes of at least 4 members (excludes halogenated alkanes) is 2. The molecule has 20 heavy (non-hydrogen) atoms. The monoisotopic (exact) mass is 342 g/mol. The average molecular weight is 343 g/mol. The highest BCUT2D eigenvalue weighted by atomic mass is 79.9. The molecule has 0 spiro atoms. The van der Waals surface area contributed by atoms with E-state index < -0.39 is 0 Å². The molecule has 0 aliphatic carbocycles. The quantitative estimate of drug-likeness (QED) is 0.782. The van der Waals surface area contributed by atoms with Crippen LogP contribution in [0.2, 0.25) is 0 Å². The summed E-state index contributed by atoms with van der Waals surface area (Å²) >= 11 is 3.42. The Morgan fingerprint density at radius 3 is 2.65 bits per heavy atom. The second-order valence-electron chi connectivity index (χ2n) is 5.50. The first-order valence-corrected chi connectivity index (χ1v) is 8.40. The Balaban J connectivity index is 2.15. The summed E-state index contributed by atoms with van der Waals surface area (Å²) in [6, 6.07) is 5.64. The van der Waals surface area contributed by atoms with E-state index in [4.69, 9.17) is 0 Å². The number of benzene rings is 1. The number of piperazine rings is 1. The number of halogens is 2. The van der Waals surface area contributed by atoms with Crippen LogP contribution in [-0.4, -0.2) is 31.1 Å². The fourth-order valence-corrected chi connectivity index (χ4v) is 3.39. The number of hydrogen-bond acceptors (Lipinski definition) is 2. The average Bonchev–Trinajstić information content (AvgIpc) is 2.43. The van der Waals surface area contributed by atoms with Gasteiger partial charge in [0.2, 0.25) is 0 Å². The first kappa shape index (κ1) is 15.9. The van der Waals surface area contributed by atoms with Crippen LogP contribution in [0.15, 0.2) is 22.7 Å². The molecule has 1 N–H and O–H groups in total. The molecule has 1 atom stereocenters. The molecule has 1 fully saturated rings. The van der Waals surface area contributed by atoms with Crippen molar-refractivity contribution in [2.24, 2.45) is 0 Å².